The fraction of sp³-hybridized carbons (Fsp3) is 0.118. The Balaban J connectivity index is 2.11. The highest BCUT2D eigenvalue weighted by atomic mass is 79.9. The van der Waals surface area contributed by atoms with Gasteiger partial charge in [0, 0.05) is 16.2 Å². The highest BCUT2D eigenvalue weighted by Gasteiger charge is 2.09. The lowest BCUT2D eigenvalue weighted by atomic mass is 10.2. The third kappa shape index (κ3) is 4.74. The van der Waals surface area contributed by atoms with Crippen LogP contribution >= 0.6 is 27.5 Å². The third-order valence-corrected chi connectivity index (χ3v) is 3.80. The molecular formula is C17H15BrClNO3. The van der Waals surface area contributed by atoms with Crippen molar-refractivity contribution in [2.45, 2.75) is 0 Å². The van der Waals surface area contributed by atoms with Crippen molar-refractivity contribution >= 4 is 45.2 Å². The summed E-state index contributed by atoms with van der Waals surface area (Å²) in [7, 11) is 3.05. The van der Waals surface area contributed by atoms with E-state index in [-0.39, 0.29) is 5.91 Å². The van der Waals surface area contributed by atoms with Gasteiger partial charge in [-0.15, -0.1) is 0 Å². The van der Waals surface area contributed by atoms with E-state index in [1.807, 2.05) is 24.3 Å². The number of carbonyl (C=O) groups is 1. The highest BCUT2D eigenvalue weighted by Crippen LogP contribution is 2.36. The van der Waals surface area contributed by atoms with Crippen molar-refractivity contribution < 1.29 is 14.3 Å². The Morgan fingerprint density at radius 2 is 1.87 bits per heavy atom. The second-order valence-electron chi connectivity index (χ2n) is 4.57. The third-order valence-electron chi connectivity index (χ3n) is 2.99. The van der Waals surface area contributed by atoms with Crippen LogP contribution in [-0.2, 0) is 4.79 Å². The number of amides is 1. The maximum atomic E-state index is 11.9. The van der Waals surface area contributed by atoms with Gasteiger partial charge in [-0.25, -0.2) is 0 Å². The molecule has 0 aliphatic heterocycles. The number of hydrogen-bond acceptors (Lipinski definition) is 3. The standard InChI is InChI=1S/C17H15BrClNO3/c1-22-15-10-11(9-14(19)17(15)23-2)3-8-16(21)20-13-6-4-12(18)5-7-13/h3-10H,1-2H3,(H,20,21)/b8-3+. The molecule has 0 heterocycles. The molecule has 0 spiro atoms. The number of nitrogens with one attached hydrogen (secondary N) is 1. The second kappa shape index (κ2) is 8.04. The number of methoxy groups -OCH3 is 2. The molecule has 0 bridgehead atoms. The highest BCUT2D eigenvalue weighted by molar-refractivity contribution is 9.10. The van der Waals surface area contributed by atoms with Gasteiger partial charge in [-0.05, 0) is 48.0 Å². The number of hydrogen-bond donors (Lipinski definition) is 1. The number of anilines is 1. The van der Waals surface area contributed by atoms with Gasteiger partial charge >= 0.3 is 0 Å². The zero-order valence-corrected chi connectivity index (χ0v) is 14.9. The van der Waals surface area contributed by atoms with Crippen molar-refractivity contribution in [3.05, 3.63) is 57.5 Å². The average molecular weight is 397 g/mol. The minimum absolute atomic E-state index is 0.238. The van der Waals surface area contributed by atoms with Gasteiger partial charge in [0.05, 0.1) is 19.2 Å². The monoisotopic (exact) mass is 395 g/mol. The summed E-state index contributed by atoms with van der Waals surface area (Å²) >= 11 is 9.47. The van der Waals surface area contributed by atoms with Crippen LogP contribution in [-0.4, -0.2) is 20.1 Å². The summed E-state index contributed by atoms with van der Waals surface area (Å²) in [5.41, 5.74) is 1.45. The first-order valence-electron chi connectivity index (χ1n) is 6.69. The zero-order valence-electron chi connectivity index (χ0n) is 12.6. The lowest BCUT2D eigenvalue weighted by Crippen LogP contribution is -2.07. The second-order valence-corrected chi connectivity index (χ2v) is 5.89. The van der Waals surface area contributed by atoms with Crippen molar-refractivity contribution in [2.24, 2.45) is 0 Å². The van der Waals surface area contributed by atoms with Gasteiger partial charge in [0.25, 0.3) is 0 Å². The molecule has 0 aliphatic carbocycles. The quantitative estimate of drug-likeness (QED) is 0.741. The maximum Gasteiger partial charge on any atom is 0.248 e. The topological polar surface area (TPSA) is 47.6 Å². The van der Waals surface area contributed by atoms with Crippen molar-refractivity contribution in [1.29, 1.82) is 0 Å². The Hall–Kier alpha value is -1.98. The molecule has 0 saturated carbocycles. The van der Waals surface area contributed by atoms with E-state index >= 15 is 0 Å². The van der Waals surface area contributed by atoms with Gasteiger partial charge in [-0.1, -0.05) is 27.5 Å². The van der Waals surface area contributed by atoms with Crippen molar-refractivity contribution in [3.8, 4) is 11.5 Å². The number of benzene rings is 2. The molecule has 0 unspecified atom stereocenters. The minimum atomic E-state index is -0.238. The fourth-order valence-corrected chi connectivity index (χ4v) is 2.48. The SMILES string of the molecule is COc1cc(/C=C/C(=O)Nc2ccc(Br)cc2)cc(Cl)c1OC. The first-order chi connectivity index (χ1) is 11.0. The van der Waals surface area contributed by atoms with Crippen LogP contribution < -0.4 is 14.8 Å². The van der Waals surface area contributed by atoms with E-state index in [0.717, 1.165) is 10.0 Å². The van der Waals surface area contributed by atoms with Gasteiger partial charge < -0.3 is 14.8 Å². The molecule has 0 aromatic heterocycles. The molecule has 1 N–H and O–H groups in total. The molecule has 2 aromatic rings. The molecule has 2 aromatic carbocycles. The van der Waals surface area contributed by atoms with Gasteiger partial charge in [-0.3, -0.25) is 4.79 Å². The molecule has 4 nitrogen and oxygen atoms in total. The molecule has 6 heteroatoms. The Morgan fingerprint density at radius 3 is 2.48 bits per heavy atom. The Kier molecular flexibility index (Phi) is 6.07. The summed E-state index contributed by atoms with van der Waals surface area (Å²) in [5.74, 6) is 0.733. The fourth-order valence-electron chi connectivity index (χ4n) is 1.92. The maximum absolute atomic E-state index is 11.9. The van der Waals surface area contributed by atoms with Crippen LogP contribution in [0.2, 0.25) is 5.02 Å². The molecule has 0 aliphatic rings. The van der Waals surface area contributed by atoms with E-state index in [1.54, 1.807) is 18.2 Å². The van der Waals surface area contributed by atoms with Crippen LogP contribution in [0.4, 0.5) is 5.69 Å². The van der Waals surface area contributed by atoms with Gasteiger partial charge in [0.2, 0.25) is 5.91 Å². The lowest BCUT2D eigenvalue weighted by molar-refractivity contribution is -0.111. The van der Waals surface area contributed by atoms with E-state index in [4.69, 9.17) is 21.1 Å². The first kappa shape index (κ1) is 17.4. The predicted molar refractivity (Wildman–Crippen MR) is 96.4 cm³/mol. The smallest absolute Gasteiger partial charge is 0.248 e. The summed E-state index contributed by atoms with van der Waals surface area (Å²) in [5, 5.41) is 3.19. The van der Waals surface area contributed by atoms with Crippen LogP contribution in [0.25, 0.3) is 6.08 Å². The number of ether oxygens (including phenoxy) is 2. The van der Waals surface area contributed by atoms with Gasteiger partial charge in [-0.2, -0.15) is 0 Å². The average Bonchev–Trinajstić information content (AvgIpc) is 2.54. The molecule has 1 amide bonds. The summed E-state index contributed by atoms with van der Waals surface area (Å²) < 4.78 is 11.3. The molecular weight excluding hydrogens is 382 g/mol. The zero-order chi connectivity index (χ0) is 16.8. The number of rotatable bonds is 5. The largest absolute Gasteiger partial charge is 0.493 e. The van der Waals surface area contributed by atoms with Crippen LogP contribution in [0.5, 0.6) is 11.5 Å². The summed E-state index contributed by atoms with van der Waals surface area (Å²) in [4.78, 5) is 11.9. The molecule has 0 atom stereocenters. The normalized spacial score (nSPS) is 10.6. The molecule has 0 saturated heterocycles. The van der Waals surface area contributed by atoms with E-state index in [0.29, 0.717) is 22.2 Å². The van der Waals surface area contributed by atoms with Crippen LogP contribution in [0.15, 0.2) is 46.9 Å². The van der Waals surface area contributed by atoms with Crippen molar-refractivity contribution in [1.82, 2.24) is 0 Å². The van der Waals surface area contributed by atoms with E-state index < -0.39 is 0 Å². The molecule has 2 rings (SSSR count). The number of halogens is 2. The number of carbonyl (C=O) groups excluding carboxylic acids is 1. The van der Waals surface area contributed by atoms with Crippen molar-refractivity contribution in [3.63, 3.8) is 0 Å². The Labute approximate surface area is 148 Å². The van der Waals surface area contributed by atoms with E-state index in [2.05, 4.69) is 21.2 Å². The van der Waals surface area contributed by atoms with Gasteiger partial charge in [0.15, 0.2) is 11.5 Å². The van der Waals surface area contributed by atoms with Crippen LogP contribution in [0.1, 0.15) is 5.56 Å². The minimum Gasteiger partial charge on any atom is -0.493 e. The van der Waals surface area contributed by atoms with Crippen LogP contribution in [0, 0.1) is 0 Å². The Morgan fingerprint density at radius 1 is 1.17 bits per heavy atom. The molecule has 0 radical (unpaired) electrons. The Bertz CT molecular complexity index is 729. The summed E-state index contributed by atoms with van der Waals surface area (Å²) in [6.45, 7) is 0. The summed E-state index contributed by atoms with van der Waals surface area (Å²) in [6, 6.07) is 10.8. The van der Waals surface area contributed by atoms with Crippen molar-refractivity contribution in [2.75, 3.05) is 19.5 Å². The van der Waals surface area contributed by atoms with E-state index in [9.17, 15) is 4.79 Å². The first-order valence-corrected chi connectivity index (χ1v) is 7.86. The van der Waals surface area contributed by atoms with E-state index in [1.165, 1.54) is 20.3 Å². The lowest BCUT2D eigenvalue weighted by Gasteiger charge is -2.10. The molecule has 120 valence electrons. The molecule has 23 heavy (non-hydrogen) atoms. The van der Waals surface area contributed by atoms with Gasteiger partial charge in [0.1, 0.15) is 0 Å². The summed E-state index contributed by atoms with van der Waals surface area (Å²) in [6.07, 6.45) is 3.08. The molecule has 0 fully saturated rings. The predicted octanol–water partition coefficient (Wildman–Crippen LogP) is 4.77. The van der Waals surface area contributed by atoms with Crippen LogP contribution in [0.3, 0.4) is 0 Å².